The molecule has 1 fully saturated rings. The summed E-state index contributed by atoms with van der Waals surface area (Å²) in [7, 11) is 0. The Balaban J connectivity index is 1.51. The molecule has 0 radical (unpaired) electrons. The molecule has 0 amide bonds. The molecule has 1 aliphatic rings. The van der Waals surface area contributed by atoms with Crippen LogP contribution in [0.15, 0.2) is 47.0 Å². The average molecular weight is 473 g/mol. The van der Waals surface area contributed by atoms with E-state index in [0.29, 0.717) is 29.6 Å². The minimum absolute atomic E-state index is 0.0149. The van der Waals surface area contributed by atoms with Crippen LogP contribution >= 0.6 is 0 Å². The second kappa shape index (κ2) is 9.36. The van der Waals surface area contributed by atoms with Gasteiger partial charge in [-0.05, 0) is 60.2 Å². The zero-order chi connectivity index (χ0) is 24.5. The number of alkyl halides is 3. The molecule has 3 aromatic rings. The lowest BCUT2D eigenvalue weighted by Gasteiger charge is -2.21. The quantitative estimate of drug-likeness (QED) is 0.363. The summed E-state index contributed by atoms with van der Waals surface area (Å²) >= 11 is 0. The summed E-state index contributed by atoms with van der Waals surface area (Å²) < 4.78 is 49.7. The molecule has 3 N–H and O–H groups in total. The van der Waals surface area contributed by atoms with Crippen LogP contribution in [0.25, 0.3) is 11.4 Å². The van der Waals surface area contributed by atoms with Crippen molar-refractivity contribution in [1.82, 2.24) is 15.0 Å². The third kappa shape index (κ3) is 5.00. The standard InChI is InChI=1S/C24H26F3N5O2/c1-14(2)18-12-16(21-30-22(34-31-21)19-4-3-11-32(19)23(28)29)7-10-20(18)33-13-15-5-8-17(9-6-15)24(25,26)27/h5-10,12,14,19H,3-4,11,13H2,1-2H3,(H3,28,29)/t19-/m0/s1. The summed E-state index contributed by atoms with van der Waals surface area (Å²) in [6, 6.07) is 10.3. The maximum absolute atomic E-state index is 12.8. The molecule has 0 aliphatic carbocycles. The Morgan fingerprint density at radius 3 is 2.62 bits per heavy atom. The lowest BCUT2D eigenvalue weighted by molar-refractivity contribution is -0.137. The van der Waals surface area contributed by atoms with Crippen LogP contribution in [0.5, 0.6) is 5.75 Å². The summed E-state index contributed by atoms with van der Waals surface area (Å²) in [6.45, 7) is 4.87. The Morgan fingerprint density at radius 1 is 1.24 bits per heavy atom. The first-order chi connectivity index (χ1) is 16.1. The molecule has 0 spiro atoms. The van der Waals surface area contributed by atoms with Crippen LogP contribution in [0, 0.1) is 5.41 Å². The molecule has 34 heavy (non-hydrogen) atoms. The highest BCUT2D eigenvalue weighted by atomic mass is 19.4. The molecule has 0 unspecified atom stereocenters. The van der Waals surface area contributed by atoms with E-state index in [-0.39, 0.29) is 24.5 Å². The molecule has 0 saturated carbocycles. The Bertz CT molecular complexity index is 1160. The van der Waals surface area contributed by atoms with Crippen molar-refractivity contribution in [2.75, 3.05) is 6.54 Å². The van der Waals surface area contributed by atoms with Crippen molar-refractivity contribution in [3.05, 3.63) is 65.0 Å². The Hall–Kier alpha value is -3.56. The molecule has 4 rings (SSSR count). The van der Waals surface area contributed by atoms with E-state index in [9.17, 15) is 13.2 Å². The fourth-order valence-electron chi connectivity index (χ4n) is 4.02. The first-order valence-corrected chi connectivity index (χ1v) is 11.0. The number of nitrogens with two attached hydrogens (primary N) is 1. The molecule has 1 atom stereocenters. The van der Waals surface area contributed by atoms with E-state index in [1.807, 2.05) is 32.0 Å². The zero-order valence-electron chi connectivity index (χ0n) is 18.9. The highest BCUT2D eigenvalue weighted by Gasteiger charge is 2.32. The monoisotopic (exact) mass is 473 g/mol. The molecule has 2 aromatic carbocycles. The van der Waals surface area contributed by atoms with Gasteiger partial charge in [-0.2, -0.15) is 18.2 Å². The fourth-order valence-corrected chi connectivity index (χ4v) is 4.02. The summed E-state index contributed by atoms with van der Waals surface area (Å²) in [5, 5.41) is 11.9. The van der Waals surface area contributed by atoms with Crippen LogP contribution in [-0.2, 0) is 12.8 Å². The van der Waals surface area contributed by atoms with E-state index in [1.165, 1.54) is 12.1 Å². The third-order valence-corrected chi connectivity index (χ3v) is 5.85. The van der Waals surface area contributed by atoms with Crippen molar-refractivity contribution in [3.63, 3.8) is 0 Å². The number of rotatable bonds is 6. The second-order valence-corrected chi connectivity index (χ2v) is 8.58. The largest absolute Gasteiger partial charge is 0.489 e. The van der Waals surface area contributed by atoms with Gasteiger partial charge in [0.15, 0.2) is 5.96 Å². The van der Waals surface area contributed by atoms with Gasteiger partial charge in [0.2, 0.25) is 11.7 Å². The zero-order valence-corrected chi connectivity index (χ0v) is 18.9. The number of benzene rings is 2. The normalized spacial score (nSPS) is 16.3. The molecule has 1 saturated heterocycles. The van der Waals surface area contributed by atoms with Crippen molar-refractivity contribution in [2.24, 2.45) is 5.73 Å². The molecular formula is C24H26F3N5O2. The molecule has 7 nitrogen and oxygen atoms in total. The highest BCUT2D eigenvalue weighted by molar-refractivity contribution is 5.75. The summed E-state index contributed by atoms with van der Waals surface area (Å²) in [4.78, 5) is 6.29. The van der Waals surface area contributed by atoms with Crippen molar-refractivity contribution < 1.29 is 22.4 Å². The lowest BCUT2D eigenvalue weighted by Crippen LogP contribution is -2.35. The molecular weight excluding hydrogens is 447 g/mol. The topological polar surface area (TPSA) is 101 Å². The van der Waals surface area contributed by atoms with Gasteiger partial charge in [0.05, 0.1) is 5.56 Å². The van der Waals surface area contributed by atoms with Crippen LogP contribution in [0.1, 0.15) is 61.2 Å². The highest BCUT2D eigenvalue weighted by Crippen LogP contribution is 2.34. The Kier molecular flexibility index (Phi) is 6.49. The number of likely N-dealkylation sites (tertiary alicyclic amines) is 1. The molecule has 1 aliphatic heterocycles. The maximum Gasteiger partial charge on any atom is 0.416 e. The second-order valence-electron chi connectivity index (χ2n) is 8.58. The molecule has 1 aromatic heterocycles. The van der Waals surface area contributed by atoms with Gasteiger partial charge >= 0.3 is 6.18 Å². The number of halogens is 3. The number of guanidine groups is 1. The smallest absolute Gasteiger partial charge is 0.416 e. The summed E-state index contributed by atoms with van der Waals surface area (Å²) in [5.74, 6) is 1.61. The van der Waals surface area contributed by atoms with Gasteiger partial charge in [-0.1, -0.05) is 31.1 Å². The minimum atomic E-state index is -4.36. The minimum Gasteiger partial charge on any atom is -0.489 e. The predicted octanol–water partition coefficient (Wildman–Crippen LogP) is 5.49. The molecule has 2 heterocycles. The summed E-state index contributed by atoms with van der Waals surface area (Å²) in [6.07, 6.45) is -2.68. The van der Waals surface area contributed by atoms with Crippen LogP contribution < -0.4 is 10.5 Å². The van der Waals surface area contributed by atoms with Crippen LogP contribution in [0.2, 0.25) is 0 Å². The van der Waals surface area contributed by atoms with Gasteiger partial charge in [-0.15, -0.1) is 0 Å². The van der Waals surface area contributed by atoms with Gasteiger partial charge in [0, 0.05) is 12.1 Å². The third-order valence-electron chi connectivity index (χ3n) is 5.85. The van der Waals surface area contributed by atoms with Crippen LogP contribution in [0.3, 0.4) is 0 Å². The number of hydrogen-bond acceptors (Lipinski definition) is 5. The number of nitrogens with zero attached hydrogens (tertiary/aromatic N) is 3. The first kappa shape index (κ1) is 23.6. The van der Waals surface area contributed by atoms with Gasteiger partial charge in [0.1, 0.15) is 18.4 Å². The SMILES string of the molecule is CC(C)c1cc(-c2noc([C@@H]3CCCN3C(=N)N)n2)ccc1OCc1ccc(C(F)(F)F)cc1. The van der Waals surface area contributed by atoms with Crippen molar-refractivity contribution >= 4 is 5.96 Å². The van der Waals surface area contributed by atoms with E-state index in [0.717, 1.165) is 36.1 Å². The maximum atomic E-state index is 12.8. The Labute approximate surface area is 195 Å². The van der Waals surface area contributed by atoms with Gasteiger partial charge in [-0.3, -0.25) is 5.41 Å². The molecule has 0 bridgehead atoms. The van der Waals surface area contributed by atoms with Gasteiger partial charge < -0.3 is 19.9 Å². The summed E-state index contributed by atoms with van der Waals surface area (Å²) in [5.41, 5.74) is 7.29. The van der Waals surface area contributed by atoms with Crippen molar-refractivity contribution in [3.8, 4) is 17.1 Å². The Morgan fingerprint density at radius 2 is 1.97 bits per heavy atom. The van der Waals surface area contributed by atoms with Gasteiger partial charge in [-0.25, -0.2) is 0 Å². The van der Waals surface area contributed by atoms with E-state index < -0.39 is 11.7 Å². The predicted molar refractivity (Wildman–Crippen MR) is 120 cm³/mol. The fraction of sp³-hybridized carbons (Fsp3) is 0.375. The number of nitrogens with one attached hydrogen (secondary N) is 1. The van der Waals surface area contributed by atoms with E-state index in [1.54, 1.807) is 4.90 Å². The lowest BCUT2D eigenvalue weighted by atomic mass is 9.99. The van der Waals surface area contributed by atoms with E-state index in [2.05, 4.69) is 10.1 Å². The van der Waals surface area contributed by atoms with Crippen LogP contribution in [-0.4, -0.2) is 27.5 Å². The van der Waals surface area contributed by atoms with Crippen molar-refractivity contribution in [2.45, 2.75) is 51.4 Å². The van der Waals surface area contributed by atoms with E-state index >= 15 is 0 Å². The van der Waals surface area contributed by atoms with Crippen LogP contribution in [0.4, 0.5) is 13.2 Å². The van der Waals surface area contributed by atoms with Gasteiger partial charge in [0.25, 0.3) is 0 Å². The molecule has 180 valence electrons. The van der Waals surface area contributed by atoms with E-state index in [4.69, 9.17) is 20.4 Å². The molecule has 10 heteroatoms. The first-order valence-electron chi connectivity index (χ1n) is 11.0. The van der Waals surface area contributed by atoms with Crippen molar-refractivity contribution in [1.29, 1.82) is 5.41 Å². The average Bonchev–Trinajstić information content (AvgIpc) is 3.47. The number of aromatic nitrogens is 2. The number of hydrogen-bond donors (Lipinski definition) is 2. The number of ether oxygens (including phenoxy) is 1.